The summed E-state index contributed by atoms with van der Waals surface area (Å²) in [5.41, 5.74) is 0.774. The van der Waals surface area contributed by atoms with Crippen LogP contribution in [0.25, 0.3) is 5.82 Å². The summed E-state index contributed by atoms with van der Waals surface area (Å²) in [5, 5.41) is 5.17. The van der Waals surface area contributed by atoms with Crippen molar-refractivity contribution < 1.29 is 13.2 Å². The molecule has 0 saturated heterocycles. The number of fused-ring (bicyclic) bond motifs is 1. The van der Waals surface area contributed by atoms with E-state index in [1.165, 1.54) is 0 Å². The van der Waals surface area contributed by atoms with Crippen molar-refractivity contribution in [1.29, 1.82) is 0 Å². The van der Waals surface area contributed by atoms with Crippen LogP contribution in [0.5, 0.6) is 0 Å². The van der Waals surface area contributed by atoms with Gasteiger partial charge in [-0.05, 0) is 43.5 Å². The topological polar surface area (TPSA) is 46.8 Å². The van der Waals surface area contributed by atoms with E-state index in [-0.39, 0.29) is 11.7 Å². The van der Waals surface area contributed by atoms with Crippen molar-refractivity contribution >= 4 is 34.7 Å². The lowest BCUT2D eigenvalue weighted by Gasteiger charge is -2.21. The van der Waals surface area contributed by atoms with Crippen LogP contribution in [0.2, 0.25) is 10.0 Å². The first-order chi connectivity index (χ1) is 14.1. The number of aromatic nitrogens is 4. The second-order valence-electron chi connectivity index (χ2n) is 7.41. The Kier molecular flexibility index (Phi) is 5.18. The van der Waals surface area contributed by atoms with Crippen molar-refractivity contribution in [2.75, 3.05) is 11.4 Å². The minimum atomic E-state index is -4.57. The lowest BCUT2D eigenvalue weighted by Crippen LogP contribution is -2.17. The number of alkyl halides is 3. The fourth-order valence-electron chi connectivity index (χ4n) is 3.50. The Morgan fingerprint density at radius 3 is 2.40 bits per heavy atom. The number of anilines is 2. The third kappa shape index (κ3) is 3.63. The fourth-order valence-corrected chi connectivity index (χ4v) is 4.01. The van der Waals surface area contributed by atoms with Gasteiger partial charge in [-0.25, -0.2) is 14.6 Å². The fraction of sp³-hybridized carbons (Fsp3) is 0.350. The predicted molar refractivity (Wildman–Crippen MR) is 110 cm³/mol. The van der Waals surface area contributed by atoms with E-state index in [9.17, 15) is 13.2 Å². The maximum absolute atomic E-state index is 13.8. The summed E-state index contributed by atoms with van der Waals surface area (Å²) in [6.45, 7) is 5.74. The van der Waals surface area contributed by atoms with E-state index >= 15 is 0 Å². The third-order valence-corrected chi connectivity index (χ3v) is 5.47. The monoisotopic (exact) mass is 455 g/mol. The Morgan fingerprint density at radius 2 is 1.77 bits per heavy atom. The minimum absolute atomic E-state index is 0.143. The van der Waals surface area contributed by atoms with Crippen LogP contribution >= 0.6 is 23.2 Å². The van der Waals surface area contributed by atoms with Crippen molar-refractivity contribution in [3.05, 3.63) is 57.1 Å². The van der Waals surface area contributed by atoms with Crippen molar-refractivity contribution in [1.82, 2.24) is 19.7 Å². The number of nitrogens with zero attached hydrogens (tertiary/aromatic N) is 5. The standard InChI is InChI=1S/C20H18Cl2F3N5/c1-10(2)15-9-17(20(23,24)25)30(28-15)19-13-6-7-29(18(13)26-11(3)27-19)16-5-4-12(21)8-14(16)22/h4-5,8-10H,6-7H2,1-3H3. The number of aryl methyl sites for hydroxylation is 1. The van der Waals surface area contributed by atoms with Gasteiger partial charge in [0.15, 0.2) is 5.82 Å². The van der Waals surface area contributed by atoms with Crippen LogP contribution in [0.1, 0.15) is 42.5 Å². The number of hydrogen-bond acceptors (Lipinski definition) is 4. The van der Waals surface area contributed by atoms with Crippen molar-refractivity contribution in [2.45, 2.75) is 39.3 Å². The van der Waals surface area contributed by atoms with Crippen LogP contribution < -0.4 is 4.90 Å². The van der Waals surface area contributed by atoms with Crippen LogP contribution in [0.4, 0.5) is 24.7 Å². The van der Waals surface area contributed by atoms with E-state index in [0.29, 0.717) is 51.6 Å². The van der Waals surface area contributed by atoms with Crippen molar-refractivity contribution in [3.63, 3.8) is 0 Å². The molecule has 0 aliphatic carbocycles. The molecule has 3 aromatic rings. The van der Waals surface area contributed by atoms with Gasteiger partial charge in [0.1, 0.15) is 17.3 Å². The van der Waals surface area contributed by atoms with Gasteiger partial charge < -0.3 is 4.90 Å². The zero-order valence-electron chi connectivity index (χ0n) is 16.4. The first-order valence-corrected chi connectivity index (χ1v) is 10.1. The van der Waals surface area contributed by atoms with E-state index in [4.69, 9.17) is 23.2 Å². The highest BCUT2D eigenvalue weighted by atomic mass is 35.5. The summed E-state index contributed by atoms with van der Waals surface area (Å²) in [7, 11) is 0. The summed E-state index contributed by atoms with van der Waals surface area (Å²) < 4.78 is 42.2. The molecule has 0 radical (unpaired) electrons. The second kappa shape index (κ2) is 7.42. The molecule has 158 valence electrons. The largest absolute Gasteiger partial charge is 0.433 e. The molecular weight excluding hydrogens is 438 g/mol. The second-order valence-corrected chi connectivity index (χ2v) is 8.26. The molecule has 3 heterocycles. The highest BCUT2D eigenvalue weighted by Gasteiger charge is 2.38. The summed E-state index contributed by atoms with van der Waals surface area (Å²) in [6.07, 6.45) is -4.11. The van der Waals surface area contributed by atoms with E-state index < -0.39 is 11.9 Å². The lowest BCUT2D eigenvalue weighted by molar-refractivity contribution is -0.142. The number of hydrogen-bond donors (Lipinski definition) is 0. The molecule has 5 nitrogen and oxygen atoms in total. The van der Waals surface area contributed by atoms with Gasteiger partial charge in [0.05, 0.1) is 16.4 Å². The van der Waals surface area contributed by atoms with Gasteiger partial charge in [0.25, 0.3) is 0 Å². The Balaban J connectivity index is 1.90. The van der Waals surface area contributed by atoms with Gasteiger partial charge >= 0.3 is 6.18 Å². The normalized spacial score (nSPS) is 14.0. The van der Waals surface area contributed by atoms with Crippen LogP contribution in [-0.2, 0) is 12.6 Å². The molecule has 1 aromatic carbocycles. The summed E-state index contributed by atoms with van der Waals surface area (Å²) in [6, 6.07) is 6.18. The zero-order valence-corrected chi connectivity index (χ0v) is 17.9. The van der Waals surface area contributed by atoms with Gasteiger partial charge in [-0.2, -0.15) is 18.3 Å². The van der Waals surface area contributed by atoms with E-state index in [1.54, 1.807) is 39.0 Å². The number of benzene rings is 1. The SMILES string of the molecule is Cc1nc2c(c(-n3nc(C(C)C)cc3C(F)(F)F)n1)CCN2c1ccc(Cl)cc1Cl. The Labute approximate surface area is 181 Å². The molecule has 0 bridgehead atoms. The summed E-state index contributed by atoms with van der Waals surface area (Å²) >= 11 is 12.4. The Hall–Kier alpha value is -2.32. The molecule has 10 heteroatoms. The van der Waals surface area contributed by atoms with Gasteiger partial charge in [0.2, 0.25) is 0 Å². The highest BCUT2D eigenvalue weighted by Crippen LogP contribution is 2.41. The molecule has 0 fully saturated rings. The Morgan fingerprint density at radius 1 is 1.07 bits per heavy atom. The predicted octanol–water partition coefficient (Wildman–Crippen LogP) is 6.11. The molecule has 2 aromatic heterocycles. The molecular formula is C20H18Cl2F3N5. The van der Waals surface area contributed by atoms with Crippen LogP contribution in [0.15, 0.2) is 24.3 Å². The first kappa shape index (κ1) is 20.9. The van der Waals surface area contributed by atoms with Crippen LogP contribution in [-0.4, -0.2) is 26.3 Å². The maximum Gasteiger partial charge on any atom is 0.433 e. The molecule has 4 rings (SSSR count). The van der Waals surface area contributed by atoms with Gasteiger partial charge in [-0.3, -0.25) is 0 Å². The molecule has 0 spiro atoms. The van der Waals surface area contributed by atoms with Gasteiger partial charge in [-0.15, -0.1) is 0 Å². The molecule has 30 heavy (non-hydrogen) atoms. The van der Waals surface area contributed by atoms with E-state index in [0.717, 1.165) is 10.7 Å². The van der Waals surface area contributed by atoms with E-state index in [2.05, 4.69) is 15.1 Å². The average Bonchev–Trinajstić information content (AvgIpc) is 3.25. The van der Waals surface area contributed by atoms with Crippen molar-refractivity contribution in [2.24, 2.45) is 0 Å². The quantitative estimate of drug-likeness (QED) is 0.477. The molecule has 0 atom stereocenters. The first-order valence-electron chi connectivity index (χ1n) is 9.34. The van der Waals surface area contributed by atoms with Crippen LogP contribution in [0, 0.1) is 6.92 Å². The zero-order chi connectivity index (χ0) is 21.8. The molecule has 0 N–H and O–H groups in total. The minimum Gasteiger partial charge on any atom is -0.324 e. The molecule has 1 aliphatic heterocycles. The molecule has 0 saturated carbocycles. The lowest BCUT2D eigenvalue weighted by atomic mass is 10.1. The molecule has 0 amide bonds. The summed E-state index contributed by atoms with van der Waals surface area (Å²) in [4.78, 5) is 10.7. The van der Waals surface area contributed by atoms with Crippen molar-refractivity contribution in [3.8, 4) is 5.82 Å². The average molecular weight is 456 g/mol. The number of rotatable bonds is 3. The third-order valence-electron chi connectivity index (χ3n) is 4.93. The smallest absolute Gasteiger partial charge is 0.324 e. The van der Waals surface area contributed by atoms with Crippen LogP contribution in [0.3, 0.4) is 0 Å². The Bertz CT molecular complexity index is 1120. The maximum atomic E-state index is 13.8. The molecule has 0 unspecified atom stereocenters. The van der Waals surface area contributed by atoms with Gasteiger partial charge in [-0.1, -0.05) is 37.0 Å². The number of halogens is 5. The highest BCUT2D eigenvalue weighted by molar-refractivity contribution is 6.36. The summed E-state index contributed by atoms with van der Waals surface area (Å²) in [5.74, 6) is 0.851. The molecule has 1 aliphatic rings. The van der Waals surface area contributed by atoms with E-state index in [1.807, 2.05) is 4.90 Å². The van der Waals surface area contributed by atoms with Gasteiger partial charge in [0, 0.05) is 17.1 Å².